The van der Waals surface area contributed by atoms with Crippen molar-refractivity contribution >= 4 is 11.9 Å². The Kier molecular flexibility index (Phi) is 4.07. The molecule has 108 valence electrons. The first-order valence-corrected chi connectivity index (χ1v) is 6.04. The largest absolute Gasteiger partial charge is 0.482 e. The molecule has 1 aliphatic heterocycles. The molecule has 1 aromatic rings. The SMILES string of the molecule is CC1Oc2ccccc2OC1C(=O)NC(CF)C(=O)O. The molecule has 0 radical (unpaired) electrons. The third-order valence-corrected chi connectivity index (χ3v) is 2.87. The Morgan fingerprint density at radius 2 is 1.95 bits per heavy atom. The van der Waals surface area contributed by atoms with E-state index in [0.717, 1.165) is 0 Å². The number of fused-ring (bicyclic) bond motifs is 1. The molecule has 3 unspecified atom stereocenters. The van der Waals surface area contributed by atoms with Gasteiger partial charge >= 0.3 is 5.97 Å². The molecule has 0 spiro atoms. The van der Waals surface area contributed by atoms with Gasteiger partial charge in [-0.15, -0.1) is 0 Å². The summed E-state index contributed by atoms with van der Waals surface area (Å²) in [7, 11) is 0. The molecule has 20 heavy (non-hydrogen) atoms. The predicted octanol–water partition coefficient (Wildman–Crippen LogP) is 0.754. The van der Waals surface area contributed by atoms with Gasteiger partial charge in [-0.25, -0.2) is 9.18 Å². The van der Waals surface area contributed by atoms with Crippen LogP contribution in [0.5, 0.6) is 11.5 Å². The number of amides is 1. The summed E-state index contributed by atoms with van der Waals surface area (Å²) in [5.41, 5.74) is 0. The first kappa shape index (κ1) is 14.1. The average Bonchev–Trinajstić information content (AvgIpc) is 2.43. The summed E-state index contributed by atoms with van der Waals surface area (Å²) in [6.07, 6.45) is -1.64. The Morgan fingerprint density at radius 3 is 2.50 bits per heavy atom. The Labute approximate surface area is 114 Å². The van der Waals surface area contributed by atoms with Crippen LogP contribution in [0.2, 0.25) is 0 Å². The molecule has 1 amide bonds. The topological polar surface area (TPSA) is 84.9 Å². The van der Waals surface area contributed by atoms with Gasteiger partial charge in [0.15, 0.2) is 17.5 Å². The normalized spacial score (nSPS) is 21.9. The number of para-hydroxylation sites is 2. The number of nitrogens with one attached hydrogen (secondary N) is 1. The first-order valence-electron chi connectivity index (χ1n) is 6.04. The minimum absolute atomic E-state index is 0.387. The van der Waals surface area contributed by atoms with Crippen LogP contribution in [0.25, 0.3) is 0 Å². The van der Waals surface area contributed by atoms with Crippen molar-refractivity contribution in [3.8, 4) is 11.5 Å². The molecule has 1 heterocycles. The van der Waals surface area contributed by atoms with Crippen molar-refractivity contribution < 1.29 is 28.6 Å². The lowest BCUT2D eigenvalue weighted by molar-refractivity contribution is -0.145. The standard InChI is InChI=1S/C13H14FNO5/c1-7-11(12(16)15-8(6-14)13(17)18)20-10-5-3-2-4-9(10)19-7/h2-5,7-8,11H,6H2,1H3,(H,15,16)(H,17,18). The van der Waals surface area contributed by atoms with E-state index in [9.17, 15) is 14.0 Å². The predicted molar refractivity (Wildman–Crippen MR) is 66.5 cm³/mol. The number of carbonyl (C=O) groups excluding carboxylic acids is 1. The number of carbonyl (C=O) groups is 2. The van der Waals surface area contributed by atoms with Crippen LogP contribution < -0.4 is 14.8 Å². The third kappa shape index (κ3) is 2.81. The van der Waals surface area contributed by atoms with Crippen molar-refractivity contribution in [2.75, 3.05) is 6.67 Å². The summed E-state index contributed by atoms with van der Waals surface area (Å²) in [6, 6.07) is 5.22. The second-order valence-corrected chi connectivity index (χ2v) is 4.36. The van der Waals surface area contributed by atoms with E-state index >= 15 is 0 Å². The van der Waals surface area contributed by atoms with Gasteiger partial charge in [0.25, 0.3) is 5.91 Å². The second kappa shape index (κ2) is 5.77. The van der Waals surface area contributed by atoms with Crippen LogP contribution in [-0.2, 0) is 9.59 Å². The molecule has 2 N–H and O–H groups in total. The minimum atomic E-state index is -1.59. The number of alkyl halides is 1. The summed E-state index contributed by atoms with van der Waals surface area (Å²) in [6.45, 7) is 0.422. The van der Waals surface area contributed by atoms with Gasteiger partial charge in [-0.3, -0.25) is 4.79 Å². The number of benzene rings is 1. The highest BCUT2D eigenvalue weighted by Crippen LogP contribution is 2.33. The molecule has 6 nitrogen and oxygen atoms in total. The van der Waals surface area contributed by atoms with Crippen LogP contribution >= 0.6 is 0 Å². The molecule has 2 rings (SSSR count). The lowest BCUT2D eigenvalue weighted by Crippen LogP contribution is -2.53. The second-order valence-electron chi connectivity index (χ2n) is 4.36. The van der Waals surface area contributed by atoms with Crippen LogP contribution in [0.15, 0.2) is 24.3 Å². The van der Waals surface area contributed by atoms with Gasteiger partial charge in [0, 0.05) is 0 Å². The molecule has 0 fully saturated rings. The van der Waals surface area contributed by atoms with Crippen molar-refractivity contribution in [3.63, 3.8) is 0 Å². The number of rotatable bonds is 4. The summed E-state index contributed by atoms with van der Waals surface area (Å²) >= 11 is 0. The summed E-state index contributed by atoms with van der Waals surface area (Å²) < 4.78 is 23.5. The van der Waals surface area contributed by atoms with Gasteiger partial charge in [-0.05, 0) is 19.1 Å². The number of carboxylic acids is 1. The molecule has 1 aromatic carbocycles. The fraction of sp³-hybridized carbons (Fsp3) is 0.385. The molecular weight excluding hydrogens is 269 g/mol. The Bertz CT molecular complexity index is 521. The fourth-order valence-corrected chi connectivity index (χ4v) is 1.83. The molecule has 0 aromatic heterocycles. The molecule has 3 atom stereocenters. The lowest BCUT2D eigenvalue weighted by Gasteiger charge is -2.31. The van der Waals surface area contributed by atoms with Gasteiger partial charge in [-0.2, -0.15) is 0 Å². The van der Waals surface area contributed by atoms with Gasteiger partial charge in [0.05, 0.1) is 0 Å². The van der Waals surface area contributed by atoms with E-state index in [4.69, 9.17) is 14.6 Å². The van der Waals surface area contributed by atoms with E-state index in [1.165, 1.54) is 0 Å². The highest BCUT2D eigenvalue weighted by Gasteiger charge is 2.35. The van der Waals surface area contributed by atoms with Crippen molar-refractivity contribution in [2.45, 2.75) is 25.2 Å². The van der Waals surface area contributed by atoms with Crippen LogP contribution in [0.1, 0.15) is 6.92 Å². The maximum absolute atomic E-state index is 12.5. The lowest BCUT2D eigenvalue weighted by atomic mass is 10.1. The van der Waals surface area contributed by atoms with Crippen molar-refractivity contribution in [1.82, 2.24) is 5.32 Å². The smallest absolute Gasteiger partial charge is 0.328 e. The molecule has 0 bridgehead atoms. The minimum Gasteiger partial charge on any atom is -0.482 e. The van der Waals surface area contributed by atoms with Crippen molar-refractivity contribution in [3.05, 3.63) is 24.3 Å². The van der Waals surface area contributed by atoms with Crippen LogP contribution in [-0.4, -0.2) is 41.9 Å². The number of carboxylic acid groups (broad SMARTS) is 1. The van der Waals surface area contributed by atoms with Gasteiger partial charge in [-0.1, -0.05) is 12.1 Å². The maximum atomic E-state index is 12.5. The quantitative estimate of drug-likeness (QED) is 0.852. The molecule has 7 heteroatoms. The number of aliphatic carboxylic acids is 1. The highest BCUT2D eigenvalue weighted by molar-refractivity contribution is 5.87. The molecule has 0 saturated heterocycles. The van der Waals surface area contributed by atoms with Gasteiger partial charge in [0.1, 0.15) is 12.8 Å². The number of hydrogen-bond acceptors (Lipinski definition) is 4. The number of halogens is 1. The molecule has 0 aliphatic carbocycles. The molecule has 0 saturated carbocycles. The average molecular weight is 283 g/mol. The summed E-state index contributed by atoms with van der Waals surface area (Å²) in [5.74, 6) is -1.27. The highest BCUT2D eigenvalue weighted by atomic mass is 19.1. The first-order chi connectivity index (χ1) is 9.52. The third-order valence-electron chi connectivity index (χ3n) is 2.87. The van der Waals surface area contributed by atoms with E-state index in [-0.39, 0.29) is 0 Å². The monoisotopic (exact) mass is 283 g/mol. The maximum Gasteiger partial charge on any atom is 0.328 e. The Morgan fingerprint density at radius 1 is 1.35 bits per heavy atom. The zero-order valence-corrected chi connectivity index (χ0v) is 10.7. The Balaban J connectivity index is 2.10. The number of hydrogen-bond donors (Lipinski definition) is 2. The van der Waals surface area contributed by atoms with Crippen LogP contribution in [0.3, 0.4) is 0 Å². The number of ether oxygens (including phenoxy) is 2. The van der Waals surface area contributed by atoms with Crippen LogP contribution in [0, 0.1) is 0 Å². The van der Waals surface area contributed by atoms with Gasteiger partial charge in [0.2, 0.25) is 6.10 Å². The zero-order valence-electron chi connectivity index (χ0n) is 10.7. The fourth-order valence-electron chi connectivity index (χ4n) is 1.83. The summed E-state index contributed by atoms with van der Waals surface area (Å²) in [5, 5.41) is 10.8. The van der Waals surface area contributed by atoms with Crippen LogP contribution in [0.4, 0.5) is 4.39 Å². The van der Waals surface area contributed by atoms with E-state index in [0.29, 0.717) is 11.5 Å². The summed E-state index contributed by atoms with van der Waals surface area (Å²) in [4.78, 5) is 22.6. The zero-order chi connectivity index (χ0) is 14.7. The molecular formula is C13H14FNO5. The van der Waals surface area contributed by atoms with E-state index in [1.54, 1.807) is 31.2 Å². The van der Waals surface area contributed by atoms with E-state index in [1.807, 2.05) is 0 Å². The Hall–Kier alpha value is -2.31. The van der Waals surface area contributed by atoms with Crippen molar-refractivity contribution in [2.24, 2.45) is 0 Å². The van der Waals surface area contributed by atoms with E-state index in [2.05, 4.69) is 5.32 Å². The molecule has 1 aliphatic rings. The van der Waals surface area contributed by atoms with Crippen molar-refractivity contribution in [1.29, 1.82) is 0 Å². The van der Waals surface area contributed by atoms with Gasteiger partial charge < -0.3 is 19.9 Å². The van der Waals surface area contributed by atoms with E-state index < -0.39 is 36.8 Å².